The van der Waals surface area contributed by atoms with Gasteiger partial charge in [-0.2, -0.15) is 0 Å². The van der Waals surface area contributed by atoms with E-state index in [1.165, 1.54) is 64.2 Å². The van der Waals surface area contributed by atoms with Crippen molar-refractivity contribution in [3.05, 3.63) is 0 Å². The van der Waals surface area contributed by atoms with Crippen LogP contribution in [0.1, 0.15) is 137 Å². The van der Waals surface area contributed by atoms with Crippen LogP contribution in [-0.2, 0) is 28.6 Å². The third-order valence-electron chi connectivity index (χ3n) is 14.6. The van der Waals surface area contributed by atoms with Crippen molar-refractivity contribution in [2.24, 2.45) is 58.2 Å². The molecule has 0 aromatic rings. The van der Waals surface area contributed by atoms with Crippen molar-refractivity contribution < 1.29 is 28.6 Å². The zero-order chi connectivity index (χ0) is 30.4. The summed E-state index contributed by atoms with van der Waals surface area (Å²) in [6.07, 6.45) is 15.5. The Morgan fingerprint density at radius 1 is 0.791 bits per heavy atom. The summed E-state index contributed by atoms with van der Waals surface area (Å²) in [5.74, 6) is 4.88. The van der Waals surface area contributed by atoms with Crippen molar-refractivity contribution in [3.63, 3.8) is 0 Å². The Balaban J connectivity index is 0.918. The molecule has 3 atom stereocenters. The summed E-state index contributed by atoms with van der Waals surface area (Å²) < 4.78 is 18.7. The largest absolute Gasteiger partial charge is 0.462 e. The van der Waals surface area contributed by atoms with Gasteiger partial charge in [0.05, 0.1) is 10.8 Å². The molecule has 0 aromatic carbocycles. The van der Waals surface area contributed by atoms with Gasteiger partial charge in [0, 0.05) is 12.8 Å². The van der Waals surface area contributed by atoms with E-state index in [9.17, 15) is 14.4 Å². The molecule has 240 valence electrons. The minimum absolute atomic E-state index is 0.0957. The van der Waals surface area contributed by atoms with Crippen molar-refractivity contribution >= 4 is 17.9 Å². The molecule has 9 rings (SSSR count). The van der Waals surface area contributed by atoms with Crippen molar-refractivity contribution in [2.45, 2.75) is 155 Å². The van der Waals surface area contributed by atoms with Crippen molar-refractivity contribution in [3.8, 4) is 0 Å². The molecule has 1 heterocycles. The topological polar surface area (TPSA) is 78.9 Å². The minimum Gasteiger partial charge on any atom is -0.462 e. The van der Waals surface area contributed by atoms with Crippen LogP contribution in [0, 0.1) is 58.2 Å². The first-order chi connectivity index (χ1) is 20.3. The summed E-state index contributed by atoms with van der Waals surface area (Å²) in [7, 11) is 0. The third-order valence-corrected chi connectivity index (χ3v) is 14.6. The molecular weight excluding hydrogens is 540 g/mol. The molecule has 8 aliphatic carbocycles. The normalized spacial score (nSPS) is 48.7. The van der Waals surface area contributed by atoms with Gasteiger partial charge in [-0.1, -0.05) is 6.92 Å². The van der Waals surface area contributed by atoms with Crippen LogP contribution in [-0.4, -0.2) is 35.2 Å². The number of cyclic esters (lactones) is 1. The van der Waals surface area contributed by atoms with Gasteiger partial charge in [0.25, 0.3) is 0 Å². The Labute approximate surface area is 259 Å². The van der Waals surface area contributed by atoms with Gasteiger partial charge in [0.2, 0.25) is 0 Å². The SMILES string of the molecule is CCC(C)(CC1(C)CC(CCCC(=O)OC2(C)C3CC4CC(C3)CC2C4)OC1=O)C(=O)OC1(C)C2CC3CC(C2)CC1C3. The van der Waals surface area contributed by atoms with E-state index in [1.54, 1.807) is 0 Å². The van der Waals surface area contributed by atoms with Crippen LogP contribution in [0.4, 0.5) is 0 Å². The zero-order valence-electron chi connectivity index (χ0n) is 27.5. The fourth-order valence-corrected chi connectivity index (χ4v) is 12.1. The first kappa shape index (κ1) is 30.1. The molecule has 8 bridgehead atoms. The molecule has 1 aliphatic heterocycles. The molecule has 9 fully saturated rings. The van der Waals surface area contributed by atoms with E-state index in [-0.39, 0.29) is 35.2 Å². The quantitative estimate of drug-likeness (QED) is 0.189. The van der Waals surface area contributed by atoms with E-state index in [4.69, 9.17) is 14.2 Å². The van der Waals surface area contributed by atoms with E-state index in [0.29, 0.717) is 62.2 Å². The lowest BCUT2D eigenvalue weighted by Gasteiger charge is -2.59. The molecule has 8 saturated carbocycles. The summed E-state index contributed by atoms with van der Waals surface area (Å²) in [5, 5.41) is 0. The summed E-state index contributed by atoms with van der Waals surface area (Å²) in [6, 6.07) is 0. The Kier molecular flexibility index (Phi) is 7.33. The van der Waals surface area contributed by atoms with Crippen LogP contribution >= 0.6 is 0 Å². The summed E-state index contributed by atoms with van der Waals surface area (Å²) in [6.45, 7) is 10.4. The fourth-order valence-electron chi connectivity index (χ4n) is 12.1. The highest BCUT2D eigenvalue weighted by Crippen LogP contribution is 2.61. The number of hydrogen-bond acceptors (Lipinski definition) is 6. The highest BCUT2D eigenvalue weighted by Gasteiger charge is 2.59. The van der Waals surface area contributed by atoms with Crippen LogP contribution < -0.4 is 0 Å². The molecule has 9 aliphatic rings. The van der Waals surface area contributed by atoms with Gasteiger partial charge in [-0.25, -0.2) is 0 Å². The maximum absolute atomic E-state index is 13.9. The van der Waals surface area contributed by atoms with Gasteiger partial charge in [-0.05, 0) is 165 Å². The summed E-state index contributed by atoms with van der Waals surface area (Å²) >= 11 is 0. The predicted octanol–water partition coefficient (Wildman–Crippen LogP) is 7.80. The van der Waals surface area contributed by atoms with Crippen molar-refractivity contribution in [1.29, 1.82) is 0 Å². The molecule has 6 nitrogen and oxygen atoms in total. The Hall–Kier alpha value is -1.59. The second-order valence-corrected chi connectivity index (χ2v) is 17.6. The van der Waals surface area contributed by atoms with E-state index in [0.717, 1.165) is 23.7 Å². The van der Waals surface area contributed by atoms with Crippen LogP contribution in [0.3, 0.4) is 0 Å². The van der Waals surface area contributed by atoms with Crippen molar-refractivity contribution in [2.75, 3.05) is 0 Å². The molecule has 43 heavy (non-hydrogen) atoms. The van der Waals surface area contributed by atoms with Crippen LogP contribution in [0.5, 0.6) is 0 Å². The van der Waals surface area contributed by atoms with Gasteiger partial charge in [0.1, 0.15) is 17.3 Å². The lowest BCUT2D eigenvalue weighted by Crippen LogP contribution is -2.59. The Morgan fingerprint density at radius 2 is 1.26 bits per heavy atom. The maximum Gasteiger partial charge on any atom is 0.312 e. The van der Waals surface area contributed by atoms with Crippen LogP contribution in [0.25, 0.3) is 0 Å². The maximum atomic E-state index is 13.9. The van der Waals surface area contributed by atoms with E-state index >= 15 is 0 Å². The molecule has 1 saturated heterocycles. The van der Waals surface area contributed by atoms with Gasteiger partial charge in [-0.15, -0.1) is 0 Å². The monoisotopic (exact) mass is 596 g/mol. The number of ether oxygens (including phenoxy) is 3. The molecule has 0 radical (unpaired) electrons. The standard InChI is InChI=1S/C37H56O6/c1-6-34(2,33(40)43-37(5)28-16-24-11-25(18-28)19-29(37)17-24)21-35(3)20-30(41-32(35)39)8-7-9-31(38)42-36(4)26-12-22-10-23(14-26)15-27(36)13-22/h22-30H,6-21H2,1-5H3. The molecule has 0 amide bonds. The highest BCUT2D eigenvalue weighted by atomic mass is 16.6. The van der Waals surface area contributed by atoms with Crippen LogP contribution in [0.15, 0.2) is 0 Å². The molecule has 0 spiro atoms. The lowest BCUT2D eigenvalue weighted by atomic mass is 9.50. The van der Waals surface area contributed by atoms with E-state index in [2.05, 4.69) is 13.8 Å². The third kappa shape index (κ3) is 5.07. The number of carbonyl (C=O) groups is 3. The number of carbonyl (C=O) groups excluding carboxylic acids is 3. The second-order valence-electron chi connectivity index (χ2n) is 17.6. The highest BCUT2D eigenvalue weighted by molar-refractivity contribution is 5.82. The average Bonchev–Trinajstić information content (AvgIpc) is 3.21. The number of rotatable bonds is 10. The lowest BCUT2D eigenvalue weighted by molar-refractivity contribution is -0.213. The molecule has 0 N–H and O–H groups in total. The predicted molar refractivity (Wildman–Crippen MR) is 163 cm³/mol. The van der Waals surface area contributed by atoms with Gasteiger partial charge in [-0.3, -0.25) is 14.4 Å². The fraction of sp³-hybridized carbons (Fsp3) is 0.919. The smallest absolute Gasteiger partial charge is 0.312 e. The van der Waals surface area contributed by atoms with Gasteiger partial charge >= 0.3 is 17.9 Å². The average molecular weight is 597 g/mol. The van der Waals surface area contributed by atoms with Gasteiger partial charge < -0.3 is 14.2 Å². The summed E-state index contributed by atoms with van der Waals surface area (Å²) in [4.78, 5) is 40.2. The molecule has 6 heteroatoms. The molecule has 3 unspecified atom stereocenters. The van der Waals surface area contributed by atoms with Crippen molar-refractivity contribution in [1.82, 2.24) is 0 Å². The van der Waals surface area contributed by atoms with E-state index < -0.39 is 10.8 Å². The summed E-state index contributed by atoms with van der Waals surface area (Å²) in [5.41, 5.74) is -2.13. The van der Waals surface area contributed by atoms with Crippen LogP contribution in [0.2, 0.25) is 0 Å². The minimum atomic E-state index is -0.738. The molecular formula is C37H56O6. The first-order valence-electron chi connectivity index (χ1n) is 18.0. The number of esters is 3. The Morgan fingerprint density at radius 3 is 1.72 bits per heavy atom. The van der Waals surface area contributed by atoms with E-state index in [1.807, 2.05) is 20.8 Å². The number of hydrogen-bond donors (Lipinski definition) is 0. The van der Waals surface area contributed by atoms with Gasteiger partial charge in [0.15, 0.2) is 0 Å². The zero-order valence-corrected chi connectivity index (χ0v) is 27.5. The Bertz CT molecular complexity index is 1090. The first-order valence-corrected chi connectivity index (χ1v) is 18.0. The molecule has 0 aromatic heterocycles. The second kappa shape index (κ2) is 10.5.